The van der Waals surface area contributed by atoms with Gasteiger partial charge in [0.1, 0.15) is 5.82 Å². The molecule has 0 spiro atoms. The summed E-state index contributed by atoms with van der Waals surface area (Å²) in [5.41, 5.74) is 2.89. The van der Waals surface area contributed by atoms with E-state index in [1.165, 1.54) is 0 Å². The molecule has 0 aliphatic carbocycles. The molecular weight excluding hydrogens is 330 g/mol. The van der Waals surface area contributed by atoms with Crippen LogP contribution in [0.15, 0.2) is 54.6 Å². The van der Waals surface area contributed by atoms with E-state index in [0.29, 0.717) is 13.1 Å². The first-order chi connectivity index (χ1) is 12.6. The summed E-state index contributed by atoms with van der Waals surface area (Å²) in [7, 11) is 1.91. The van der Waals surface area contributed by atoms with Gasteiger partial charge in [-0.1, -0.05) is 42.5 Å². The Hall–Kier alpha value is -3.35. The highest BCUT2D eigenvalue weighted by Gasteiger charge is 2.09. The molecule has 0 aliphatic rings. The molecule has 0 unspecified atom stereocenters. The lowest BCUT2D eigenvalue weighted by Gasteiger charge is -2.08. The van der Waals surface area contributed by atoms with Crippen LogP contribution in [-0.4, -0.2) is 28.0 Å². The zero-order chi connectivity index (χ0) is 18.4. The van der Waals surface area contributed by atoms with Crippen molar-refractivity contribution < 1.29 is 9.59 Å². The maximum absolute atomic E-state index is 11.9. The summed E-state index contributed by atoms with van der Waals surface area (Å²) in [6.07, 6.45) is 0. The van der Waals surface area contributed by atoms with Gasteiger partial charge in [-0.3, -0.25) is 4.79 Å². The average Bonchev–Trinajstić information content (AvgIpc) is 3.00. The number of imidazole rings is 1. The third-order valence-electron chi connectivity index (χ3n) is 4.03. The van der Waals surface area contributed by atoms with Crippen LogP contribution < -0.4 is 16.0 Å². The van der Waals surface area contributed by atoms with Crippen molar-refractivity contribution in [2.75, 3.05) is 6.54 Å². The van der Waals surface area contributed by atoms with Crippen molar-refractivity contribution in [1.82, 2.24) is 25.5 Å². The van der Waals surface area contributed by atoms with E-state index in [1.807, 2.05) is 66.2 Å². The smallest absolute Gasteiger partial charge is 0.315 e. The van der Waals surface area contributed by atoms with Crippen molar-refractivity contribution >= 4 is 23.0 Å². The molecule has 3 rings (SSSR count). The summed E-state index contributed by atoms with van der Waals surface area (Å²) in [6, 6.07) is 17.0. The Kier molecular flexibility index (Phi) is 5.48. The van der Waals surface area contributed by atoms with Crippen LogP contribution in [0, 0.1) is 0 Å². The van der Waals surface area contributed by atoms with Crippen molar-refractivity contribution in [3.63, 3.8) is 0 Å². The van der Waals surface area contributed by atoms with Gasteiger partial charge in [-0.15, -0.1) is 0 Å². The minimum Gasteiger partial charge on any atom is -0.347 e. The predicted molar refractivity (Wildman–Crippen MR) is 99.2 cm³/mol. The Balaban J connectivity index is 1.42. The number of rotatable bonds is 6. The Morgan fingerprint density at radius 2 is 1.65 bits per heavy atom. The van der Waals surface area contributed by atoms with Crippen molar-refractivity contribution in [3.8, 4) is 0 Å². The first kappa shape index (κ1) is 17.5. The first-order valence-electron chi connectivity index (χ1n) is 8.36. The first-order valence-corrected chi connectivity index (χ1v) is 8.36. The molecule has 0 atom stereocenters. The molecule has 2 aromatic carbocycles. The Labute approximate surface area is 151 Å². The van der Waals surface area contributed by atoms with Gasteiger partial charge in [0.15, 0.2) is 0 Å². The number of para-hydroxylation sites is 2. The minimum absolute atomic E-state index is 0.0927. The summed E-state index contributed by atoms with van der Waals surface area (Å²) in [4.78, 5) is 28.2. The van der Waals surface area contributed by atoms with Crippen LogP contribution in [0.25, 0.3) is 11.0 Å². The topological polar surface area (TPSA) is 88.0 Å². The van der Waals surface area contributed by atoms with E-state index >= 15 is 0 Å². The highest BCUT2D eigenvalue weighted by Crippen LogP contribution is 2.13. The Morgan fingerprint density at radius 1 is 0.923 bits per heavy atom. The molecule has 0 aliphatic heterocycles. The fraction of sp³-hybridized carbons (Fsp3) is 0.211. The van der Waals surface area contributed by atoms with E-state index < -0.39 is 0 Å². The molecule has 3 amide bonds. The molecule has 26 heavy (non-hydrogen) atoms. The van der Waals surface area contributed by atoms with Gasteiger partial charge in [0.25, 0.3) is 0 Å². The number of amides is 3. The second-order valence-electron chi connectivity index (χ2n) is 5.87. The summed E-state index contributed by atoms with van der Waals surface area (Å²) >= 11 is 0. The van der Waals surface area contributed by atoms with E-state index in [0.717, 1.165) is 22.4 Å². The van der Waals surface area contributed by atoms with E-state index in [1.54, 1.807) is 0 Å². The van der Waals surface area contributed by atoms with Gasteiger partial charge in [-0.05, 0) is 17.7 Å². The van der Waals surface area contributed by atoms with Crippen LogP contribution in [0.4, 0.5) is 4.79 Å². The number of aryl methyl sites for hydroxylation is 1. The maximum Gasteiger partial charge on any atom is 0.315 e. The second-order valence-corrected chi connectivity index (χ2v) is 5.87. The zero-order valence-corrected chi connectivity index (χ0v) is 14.5. The van der Waals surface area contributed by atoms with Crippen LogP contribution in [0.5, 0.6) is 0 Å². The lowest BCUT2D eigenvalue weighted by atomic mass is 10.2. The Bertz CT molecular complexity index is 905. The van der Waals surface area contributed by atoms with Crippen LogP contribution in [0.2, 0.25) is 0 Å². The largest absolute Gasteiger partial charge is 0.347 e. The highest BCUT2D eigenvalue weighted by atomic mass is 16.2. The van der Waals surface area contributed by atoms with Gasteiger partial charge in [0, 0.05) is 13.6 Å². The number of aromatic nitrogens is 2. The molecule has 0 bridgehead atoms. The van der Waals surface area contributed by atoms with E-state index in [4.69, 9.17) is 0 Å². The third kappa shape index (κ3) is 4.38. The van der Waals surface area contributed by atoms with E-state index in [9.17, 15) is 9.59 Å². The van der Waals surface area contributed by atoms with Crippen LogP contribution in [-0.2, 0) is 24.9 Å². The van der Waals surface area contributed by atoms with Gasteiger partial charge in [-0.2, -0.15) is 0 Å². The predicted octanol–water partition coefficient (Wildman–Crippen LogP) is 1.69. The molecule has 7 nitrogen and oxygen atoms in total. The van der Waals surface area contributed by atoms with E-state index in [2.05, 4.69) is 20.9 Å². The summed E-state index contributed by atoms with van der Waals surface area (Å²) in [5.74, 6) is 0.486. The zero-order valence-electron chi connectivity index (χ0n) is 14.5. The summed E-state index contributed by atoms with van der Waals surface area (Å²) < 4.78 is 1.94. The van der Waals surface area contributed by atoms with Crippen LogP contribution in [0.3, 0.4) is 0 Å². The van der Waals surface area contributed by atoms with Crippen LogP contribution >= 0.6 is 0 Å². The number of hydrogen-bond donors (Lipinski definition) is 3. The number of nitrogens with zero attached hydrogens (tertiary/aromatic N) is 2. The number of carbonyl (C=O) groups excluding carboxylic acids is 2. The minimum atomic E-state index is -0.383. The summed E-state index contributed by atoms with van der Waals surface area (Å²) in [6.45, 7) is 0.621. The molecule has 0 saturated heterocycles. The van der Waals surface area contributed by atoms with Gasteiger partial charge in [0.05, 0.1) is 24.1 Å². The number of carbonyl (C=O) groups is 2. The van der Waals surface area contributed by atoms with E-state index in [-0.39, 0.29) is 18.5 Å². The molecule has 7 heteroatoms. The number of urea groups is 1. The number of hydrogen-bond acceptors (Lipinski definition) is 3. The van der Waals surface area contributed by atoms with Crippen molar-refractivity contribution in [2.24, 2.45) is 7.05 Å². The Morgan fingerprint density at radius 3 is 2.42 bits per heavy atom. The standard InChI is InChI=1S/C19H21N5O2/c1-24-16-10-6-5-9-15(16)23-17(24)12-20-18(25)13-22-19(26)21-11-14-7-3-2-4-8-14/h2-10H,11-13H2,1H3,(H,20,25)(H2,21,22,26). The van der Waals surface area contributed by atoms with Gasteiger partial charge < -0.3 is 20.5 Å². The molecule has 134 valence electrons. The van der Waals surface area contributed by atoms with Gasteiger partial charge in [0.2, 0.25) is 5.91 Å². The van der Waals surface area contributed by atoms with Crippen molar-refractivity contribution in [2.45, 2.75) is 13.1 Å². The SMILES string of the molecule is Cn1c(CNC(=O)CNC(=O)NCc2ccccc2)nc2ccccc21. The lowest BCUT2D eigenvalue weighted by molar-refractivity contribution is -0.120. The van der Waals surface area contributed by atoms with Crippen molar-refractivity contribution in [1.29, 1.82) is 0 Å². The maximum atomic E-state index is 11.9. The average molecular weight is 351 g/mol. The lowest BCUT2D eigenvalue weighted by Crippen LogP contribution is -2.41. The summed E-state index contributed by atoms with van der Waals surface area (Å²) in [5, 5.41) is 8.01. The van der Waals surface area contributed by atoms with Crippen molar-refractivity contribution in [3.05, 3.63) is 66.0 Å². The number of benzene rings is 2. The van der Waals surface area contributed by atoms with Crippen LogP contribution in [0.1, 0.15) is 11.4 Å². The monoisotopic (exact) mass is 351 g/mol. The molecule has 0 saturated carbocycles. The fourth-order valence-electron chi connectivity index (χ4n) is 2.59. The molecule has 0 fully saturated rings. The van der Waals surface area contributed by atoms with Gasteiger partial charge >= 0.3 is 6.03 Å². The molecule has 1 heterocycles. The molecular formula is C19H21N5O2. The molecule has 3 aromatic rings. The van der Waals surface area contributed by atoms with Gasteiger partial charge in [-0.25, -0.2) is 9.78 Å². The molecule has 0 radical (unpaired) electrons. The number of nitrogens with one attached hydrogen (secondary N) is 3. The molecule has 3 N–H and O–H groups in total. The fourth-order valence-corrected chi connectivity index (χ4v) is 2.59. The normalized spacial score (nSPS) is 10.5. The third-order valence-corrected chi connectivity index (χ3v) is 4.03. The second kappa shape index (κ2) is 8.15. The number of fused-ring (bicyclic) bond motifs is 1. The highest BCUT2D eigenvalue weighted by molar-refractivity contribution is 5.84. The molecule has 1 aromatic heterocycles. The quantitative estimate of drug-likeness (QED) is 0.631.